The molecule has 0 aliphatic heterocycles. The number of carbonyl (C=O) groups excluding carboxylic acids is 1. The lowest BCUT2D eigenvalue weighted by molar-refractivity contribution is 0.0947. The van der Waals surface area contributed by atoms with Crippen LogP contribution in [0.2, 0.25) is 0 Å². The van der Waals surface area contributed by atoms with Crippen molar-refractivity contribution in [2.24, 2.45) is 0 Å². The van der Waals surface area contributed by atoms with Crippen LogP contribution in [0.4, 0.5) is 0 Å². The maximum absolute atomic E-state index is 12.7. The minimum Gasteiger partial charge on any atom is -0.496 e. The van der Waals surface area contributed by atoms with Crippen LogP contribution in [-0.2, 0) is 6.54 Å². The Hall–Kier alpha value is -3.34. The van der Waals surface area contributed by atoms with Crippen LogP contribution in [0.5, 0.6) is 5.75 Å². The third kappa shape index (κ3) is 4.57. The molecule has 0 saturated heterocycles. The summed E-state index contributed by atoms with van der Waals surface area (Å²) in [5.41, 5.74) is 4.73. The largest absolute Gasteiger partial charge is 0.496 e. The Labute approximate surface area is 170 Å². The molecule has 0 spiro atoms. The highest BCUT2D eigenvalue weighted by molar-refractivity contribution is 5.97. The predicted molar refractivity (Wildman–Crippen MR) is 115 cm³/mol. The topological polar surface area (TPSA) is 71.2 Å². The zero-order valence-electron chi connectivity index (χ0n) is 17.2. The molecule has 3 rings (SSSR count). The second-order valence-corrected chi connectivity index (χ2v) is 7.22. The minimum absolute atomic E-state index is 0.158. The van der Waals surface area contributed by atoms with Gasteiger partial charge in [-0.1, -0.05) is 43.3 Å². The number of hydrogen-bond acceptors (Lipinski definition) is 3. The van der Waals surface area contributed by atoms with Gasteiger partial charge < -0.3 is 15.0 Å². The van der Waals surface area contributed by atoms with Crippen molar-refractivity contribution in [3.05, 3.63) is 98.5 Å². The van der Waals surface area contributed by atoms with Gasteiger partial charge in [0.25, 0.3) is 11.5 Å². The highest BCUT2D eigenvalue weighted by atomic mass is 16.5. The third-order valence-electron chi connectivity index (χ3n) is 5.19. The number of amides is 1. The van der Waals surface area contributed by atoms with Gasteiger partial charge in [0.15, 0.2) is 0 Å². The molecular weight excluding hydrogens is 364 g/mol. The quantitative estimate of drug-likeness (QED) is 0.666. The maximum Gasteiger partial charge on any atom is 0.255 e. The second kappa shape index (κ2) is 8.78. The molecule has 1 amide bonds. The Bertz CT molecular complexity index is 1070. The number of H-pyrrole nitrogens is 1. The van der Waals surface area contributed by atoms with Crippen LogP contribution in [0.25, 0.3) is 0 Å². The molecule has 150 valence electrons. The smallest absolute Gasteiger partial charge is 0.255 e. The lowest BCUT2D eigenvalue weighted by atomic mass is 9.92. The SMILES string of the molecule is COc1cc(C(C)c2ccccc2)ccc1C(=O)NCc1c(C)cc(C)[nH]c1=O. The van der Waals surface area contributed by atoms with Gasteiger partial charge in [-0.2, -0.15) is 0 Å². The molecule has 0 fully saturated rings. The van der Waals surface area contributed by atoms with E-state index in [2.05, 4.69) is 29.4 Å². The van der Waals surface area contributed by atoms with Gasteiger partial charge in [0, 0.05) is 23.7 Å². The van der Waals surface area contributed by atoms with E-state index in [-0.39, 0.29) is 23.9 Å². The van der Waals surface area contributed by atoms with Gasteiger partial charge in [-0.25, -0.2) is 0 Å². The van der Waals surface area contributed by atoms with E-state index in [0.717, 1.165) is 16.8 Å². The molecule has 1 heterocycles. The number of nitrogens with one attached hydrogen (secondary N) is 2. The van der Waals surface area contributed by atoms with E-state index < -0.39 is 0 Å². The van der Waals surface area contributed by atoms with Crippen molar-refractivity contribution in [3.8, 4) is 5.75 Å². The predicted octanol–water partition coefficient (Wildman–Crippen LogP) is 4.08. The number of aromatic nitrogens is 1. The van der Waals surface area contributed by atoms with E-state index in [4.69, 9.17) is 4.74 Å². The summed E-state index contributed by atoms with van der Waals surface area (Å²) in [4.78, 5) is 27.7. The van der Waals surface area contributed by atoms with E-state index in [9.17, 15) is 9.59 Å². The Morgan fingerprint density at radius 2 is 1.79 bits per heavy atom. The molecule has 3 aromatic rings. The Morgan fingerprint density at radius 1 is 1.07 bits per heavy atom. The fourth-order valence-corrected chi connectivity index (χ4v) is 3.46. The first-order valence-corrected chi connectivity index (χ1v) is 9.61. The highest BCUT2D eigenvalue weighted by Crippen LogP contribution is 2.29. The highest BCUT2D eigenvalue weighted by Gasteiger charge is 2.17. The molecular formula is C24H26N2O3. The molecule has 5 heteroatoms. The van der Waals surface area contributed by atoms with Crippen molar-refractivity contribution in [2.45, 2.75) is 33.2 Å². The van der Waals surface area contributed by atoms with Crippen molar-refractivity contribution in [1.82, 2.24) is 10.3 Å². The lowest BCUT2D eigenvalue weighted by Crippen LogP contribution is -2.28. The number of ether oxygens (including phenoxy) is 1. The van der Waals surface area contributed by atoms with Crippen LogP contribution in [0.3, 0.4) is 0 Å². The number of benzene rings is 2. The van der Waals surface area contributed by atoms with Crippen LogP contribution in [0.1, 0.15) is 51.1 Å². The van der Waals surface area contributed by atoms with Crippen LogP contribution < -0.4 is 15.6 Å². The molecule has 1 atom stereocenters. The molecule has 0 radical (unpaired) electrons. The van der Waals surface area contributed by atoms with Gasteiger partial charge in [-0.15, -0.1) is 0 Å². The number of hydrogen-bond donors (Lipinski definition) is 2. The monoisotopic (exact) mass is 390 g/mol. The van der Waals surface area contributed by atoms with Crippen LogP contribution in [-0.4, -0.2) is 18.0 Å². The molecule has 0 aliphatic carbocycles. The Kier molecular flexibility index (Phi) is 6.17. The average Bonchev–Trinajstić information content (AvgIpc) is 2.72. The summed E-state index contributed by atoms with van der Waals surface area (Å²) in [6.45, 7) is 5.98. The van der Waals surface area contributed by atoms with Gasteiger partial charge in [0.05, 0.1) is 12.7 Å². The number of aryl methyl sites for hydroxylation is 2. The summed E-state index contributed by atoms with van der Waals surface area (Å²) in [6.07, 6.45) is 0. The van der Waals surface area contributed by atoms with Gasteiger partial charge in [0.1, 0.15) is 5.75 Å². The van der Waals surface area contributed by atoms with Crippen LogP contribution >= 0.6 is 0 Å². The van der Waals surface area contributed by atoms with Gasteiger partial charge in [-0.05, 0) is 48.7 Å². The number of aromatic amines is 1. The molecule has 0 aliphatic rings. The first-order valence-electron chi connectivity index (χ1n) is 9.61. The Balaban J connectivity index is 1.80. The van der Waals surface area contributed by atoms with Gasteiger partial charge in [-0.3, -0.25) is 9.59 Å². The summed E-state index contributed by atoms with van der Waals surface area (Å²) in [5, 5.41) is 2.83. The first kappa shape index (κ1) is 20.4. The maximum atomic E-state index is 12.7. The van der Waals surface area contributed by atoms with E-state index in [0.29, 0.717) is 16.9 Å². The minimum atomic E-state index is -0.278. The second-order valence-electron chi connectivity index (χ2n) is 7.22. The molecule has 0 saturated carbocycles. The van der Waals surface area contributed by atoms with E-state index in [1.165, 1.54) is 5.56 Å². The number of pyridine rings is 1. The summed E-state index contributed by atoms with van der Waals surface area (Å²) in [7, 11) is 1.55. The average molecular weight is 390 g/mol. The fourth-order valence-electron chi connectivity index (χ4n) is 3.46. The molecule has 2 aromatic carbocycles. The zero-order valence-corrected chi connectivity index (χ0v) is 17.2. The first-order chi connectivity index (χ1) is 13.9. The molecule has 1 aromatic heterocycles. The van der Waals surface area contributed by atoms with Gasteiger partial charge >= 0.3 is 0 Å². The Morgan fingerprint density at radius 3 is 2.45 bits per heavy atom. The number of rotatable bonds is 6. The molecule has 1 unspecified atom stereocenters. The summed E-state index contributed by atoms with van der Waals surface area (Å²) >= 11 is 0. The lowest BCUT2D eigenvalue weighted by Gasteiger charge is -2.16. The van der Waals surface area contributed by atoms with Crippen molar-refractivity contribution in [3.63, 3.8) is 0 Å². The van der Waals surface area contributed by atoms with Crippen molar-refractivity contribution in [2.75, 3.05) is 7.11 Å². The van der Waals surface area contributed by atoms with Crippen molar-refractivity contribution in [1.29, 1.82) is 0 Å². The molecule has 29 heavy (non-hydrogen) atoms. The third-order valence-corrected chi connectivity index (χ3v) is 5.19. The van der Waals surface area contributed by atoms with Crippen molar-refractivity contribution >= 4 is 5.91 Å². The normalized spacial score (nSPS) is 11.7. The standard InChI is InChI=1S/C24H26N2O3/c1-15-12-16(2)26-24(28)21(15)14-25-23(27)20-11-10-19(13-22(20)29-4)17(3)18-8-6-5-7-9-18/h5-13,17H,14H2,1-4H3,(H,25,27)(H,26,28). The molecule has 0 bridgehead atoms. The summed E-state index contributed by atoms with van der Waals surface area (Å²) < 4.78 is 5.48. The number of methoxy groups -OCH3 is 1. The fraction of sp³-hybridized carbons (Fsp3) is 0.250. The van der Waals surface area contributed by atoms with Crippen LogP contribution in [0.15, 0.2) is 59.4 Å². The zero-order chi connectivity index (χ0) is 21.0. The van der Waals surface area contributed by atoms with E-state index in [1.54, 1.807) is 13.2 Å². The van der Waals surface area contributed by atoms with Crippen molar-refractivity contribution < 1.29 is 9.53 Å². The molecule has 2 N–H and O–H groups in total. The van der Waals surface area contributed by atoms with Crippen LogP contribution in [0, 0.1) is 13.8 Å². The number of carbonyl (C=O) groups is 1. The van der Waals surface area contributed by atoms with E-state index in [1.807, 2.05) is 50.2 Å². The van der Waals surface area contributed by atoms with E-state index >= 15 is 0 Å². The summed E-state index contributed by atoms with van der Waals surface area (Å²) in [5.74, 6) is 0.411. The summed E-state index contributed by atoms with van der Waals surface area (Å²) in [6, 6.07) is 17.7. The van der Waals surface area contributed by atoms with Gasteiger partial charge in [0.2, 0.25) is 0 Å². The molecule has 5 nitrogen and oxygen atoms in total.